The van der Waals surface area contributed by atoms with Crippen molar-refractivity contribution in [2.75, 3.05) is 0 Å². The van der Waals surface area contributed by atoms with Crippen molar-refractivity contribution in [2.24, 2.45) is 5.73 Å². The Hall–Kier alpha value is -1.38. The normalized spacial score (nSPS) is 10.4. The highest BCUT2D eigenvalue weighted by molar-refractivity contribution is 6.30. The Balaban J connectivity index is 2.60. The summed E-state index contributed by atoms with van der Waals surface area (Å²) in [6.45, 7) is 0.338. The molecule has 0 fully saturated rings. The van der Waals surface area contributed by atoms with E-state index in [0.717, 1.165) is 11.1 Å². The van der Waals surface area contributed by atoms with Crippen molar-refractivity contribution in [2.45, 2.75) is 6.54 Å². The molecule has 0 aliphatic rings. The van der Waals surface area contributed by atoms with E-state index in [-0.39, 0.29) is 5.82 Å². The van der Waals surface area contributed by atoms with E-state index < -0.39 is 0 Å². The lowest BCUT2D eigenvalue weighted by Crippen LogP contribution is -1.99. The summed E-state index contributed by atoms with van der Waals surface area (Å²) < 4.78 is 13.6. The van der Waals surface area contributed by atoms with Crippen LogP contribution in [0.3, 0.4) is 0 Å². The monoisotopic (exact) mass is 235 g/mol. The van der Waals surface area contributed by atoms with Gasteiger partial charge in [-0.25, -0.2) is 4.39 Å². The summed E-state index contributed by atoms with van der Waals surface area (Å²) in [4.78, 5) is 0. The van der Waals surface area contributed by atoms with Gasteiger partial charge < -0.3 is 5.73 Å². The Morgan fingerprint density at radius 1 is 1.06 bits per heavy atom. The third kappa shape index (κ3) is 2.08. The number of halogens is 2. The Bertz CT molecular complexity index is 511. The van der Waals surface area contributed by atoms with Gasteiger partial charge in [-0.1, -0.05) is 35.9 Å². The molecule has 0 atom stereocenters. The molecule has 0 saturated heterocycles. The molecule has 2 rings (SSSR count). The van der Waals surface area contributed by atoms with Crippen LogP contribution in [-0.2, 0) is 6.54 Å². The number of rotatable bonds is 2. The molecule has 0 aromatic heterocycles. The molecule has 2 aromatic rings. The molecular weight excluding hydrogens is 225 g/mol. The van der Waals surface area contributed by atoms with E-state index in [1.807, 2.05) is 0 Å². The number of hydrogen-bond acceptors (Lipinski definition) is 1. The molecule has 1 nitrogen and oxygen atoms in total. The zero-order chi connectivity index (χ0) is 11.5. The molecular formula is C13H11ClFN. The van der Waals surface area contributed by atoms with E-state index >= 15 is 0 Å². The van der Waals surface area contributed by atoms with Crippen LogP contribution >= 0.6 is 11.6 Å². The highest BCUT2D eigenvalue weighted by atomic mass is 35.5. The van der Waals surface area contributed by atoms with Gasteiger partial charge in [-0.05, 0) is 29.3 Å². The van der Waals surface area contributed by atoms with Crippen LogP contribution in [0.25, 0.3) is 11.1 Å². The minimum atomic E-state index is -0.250. The zero-order valence-electron chi connectivity index (χ0n) is 8.58. The van der Waals surface area contributed by atoms with Crippen LogP contribution in [0.15, 0.2) is 42.5 Å². The zero-order valence-corrected chi connectivity index (χ0v) is 9.34. The molecule has 0 aliphatic carbocycles. The van der Waals surface area contributed by atoms with Gasteiger partial charge in [0.1, 0.15) is 5.82 Å². The molecule has 0 radical (unpaired) electrons. The number of benzene rings is 2. The SMILES string of the molecule is NCc1cc(Cl)ccc1-c1ccccc1F. The average molecular weight is 236 g/mol. The second-order valence-electron chi connectivity index (χ2n) is 3.49. The van der Waals surface area contributed by atoms with Crippen molar-refractivity contribution in [1.82, 2.24) is 0 Å². The summed E-state index contributed by atoms with van der Waals surface area (Å²) in [6.07, 6.45) is 0. The van der Waals surface area contributed by atoms with Crippen LogP contribution in [-0.4, -0.2) is 0 Å². The van der Waals surface area contributed by atoms with Gasteiger partial charge in [-0.3, -0.25) is 0 Å². The first-order valence-electron chi connectivity index (χ1n) is 4.96. The first-order chi connectivity index (χ1) is 7.72. The fourth-order valence-electron chi connectivity index (χ4n) is 1.67. The van der Waals surface area contributed by atoms with Gasteiger partial charge >= 0.3 is 0 Å². The molecule has 82 valence electrons. The molecule has 2 N–H and O–H groups in total. The first kappa shape index (κ1) is 11.1. The Kier molecular flexibility index (Phi) is 3.22. The van der Waals surface area contributed by atoms with Crippen molar-refractivity contribution in [3.63, 3.8) is 0 Å². The van der Waals surface area contributed by atoms with Crippen molar-refractivity contribution >= 4 is 11.6 Å². The van der Waals surface area contributed by atoms with Gasteiger partial charge in [0, 0.05) is 17.1 Å². The molecule has 3 heteroatoms. The summed E-state index contributed by atoms with van der Waals surface area (Å²) in [5.74, 6) is -0.250. The van der Waals surface area contributed by atoms with E-state index in [4.69, 9.17) is 17.3 Å². The summed E-state index contributed by atoms with van der Waals surface area (Å²) in [6, 6.07) is 11.9. The molecule has 0 saturated carbocycles. The van der Waals surface area contributed by atoms with Crippen LogP contribution in [0.4, 0.5) is 4.39 Å². The molecule has 0 amide bonds. The summed E-state index contributed by atoms with van der Waals surface area (Å²) in [5, 5.41) is 0.612. The fraction of sp³-hybridized carbons (Fsp3) is 0.0769. The highest BCUT2D eigenvalue weighted by Gasteiger charge is 2.08. The maximum absolute atomic E-state index is 13.6. The quantitative estimate of drug-likeness (QED) is 0.846. The van der Waals surface area contributed by atoms with Crippen molar-refractivity contribution in [3.8, 4) is 11.1 Å². The smallest absolute Gasteiger partial charge is 0.131 e. The molecule has 2 aromatic carbocycles. The predicted molar refractivity (Wildman–Crippen MR) is 64.7 cm³/mol. The van der Waals surface area contributed by atoms with Gasteiger partial charge in [0.2, 0.25) is 0 Å². The van der Waals surface area contributed by atoms with E-state index in [1.54, 1.807) is 36.4 Å². The lowest BCUT2D eigenvalue weighted by molar-refractivity contribution is 0.631. The molecule has 0 aliphatic heterocycles. The van der Waals surface area contributed by atoms with Gasteiger partial charge in [0.15, 0.2) is 0 Å². The van der Waals surface area contributed by atoms with Gasteiger partial charge in [0.25, 0.3) is 0 Å². The van der Waals surface area contributed by atoms with Gasteiger partial charge in [-0.15, -0.1) is 0 Å². The van der Waals surface area contributed by atoms with Gasteiger partial charge in [-0.2, -0.15) is 0 Å². The van der Waals surface area contributed by atoms with E-state index in [1.165, 1.54) is 6.07 Å². The van der Waals surface area contributed by atoms with Crippen LogP contribution in [0.1, 0.15) is 5.56 Å². The van der Waals surface area contributed by atoms with Crippen LogP contribution < -0.4 is 5.73 Å². The largest absolute Gasteiger partial charge is 0.326 e. The molecule has 16 heavy (non-hydrogen) atoms. The van der Waals surface area contributed by atoms with Crippen molar-refractivity contribution < 1.29 is 4.39 Å². The maximum Gasteiger partial charge on any atom is 0.131 e. The minimum Gasteiger partial charge on any atom is -0.326 e. The van der Waals surface area contributed by atoms with Crippen LogP contribution in [0.2, 0.25) is 5.02 Å². The summed E-state index contributed by atoms with van der Waals surface area (Å²) in [5.41, 5.74) is 7.82. The fourth-order valence-corrected chi connectivity index (χ4v) is 1.87. The Morgan fingerprint density at radius 3 is 2.50 bits per heavy atom. The van der Waals surface area contributed by atoms with Crippen molar-refractivity contribution in [3.05, 3.63) is 58.9 Å². The minimum absolute atomic E-state index is 0.250. The van der Waals surface area contributed by atoms with E-state index in [0.29, 0.717) is 17.1 Å². The Morgan fingerprint density at radius 2 is 1.81 bits per heavy atom. The Labute approximate surface area is 98.7 Å². The van der Waals surface area contributed by atoms with E-state index in [9.17, 15) is 4.39 Å². The average Bonchev–Trinajstić information content (AvgIpc) is 2.30. The van der Waals surface area contributed by atoms with E-state index in [2.05, 4.69) is 0 Å². The van der Waals surface area contributed by atoms with Crippen molar-refractivity contribution in [1.29, 1.82) is 0 Å². The highest BCUT2D eigenvalue weighted by Crippen LogP contribution is 2.28. The predicted octanol–water partition coefficient (Wildman–Crippen LogP) is 3.60. The molecule has 0 bridgehead atoms. The topological polar surface area (TPSA) is 26.0 Å². The lowest BCUT2D eigenvalue weighted by atomic mass is 9.99. The van der Waals surface area contributed by atoms with Crippen LogP contribution in [0, 0.1) is 5.82 Å². The third-order valence-corrected chi connectivity index (χ3v) is 2.69. The summed E-state index contributed by atoms with van der Waals surface area (Å²) in [7, 11) is 0. The van der Waals surface area contributed by atoms with Gasteiger partial charge in [0.05, 0.1) is 0 Å². The third-order valence-electron chi connectivity index (χ3n) is 2.45. The first-order valence-corrected chi connectivity index (χ1v) is 5.33. The molecule has 0 spiro atoms. The molecule has 0 heterocycles. The maximum atomic E-state index is 13.6. The summed E-state index contributed by atoms with van der Waals surface area (Å²) >= 11 is 5.87. The van der Waals surface area contributed by atoms with Crippen LogP contribution in [0.5, 0.6) is 0 Å². The molecule has 0 unspecified atom stereocenters. The second-order valence-corrected chi connectivity index (χ2v) is 3.92. The standard InChI is InChI=1S/C13H11ClFN/c14-10-5-6-11(9(7-10)8-16)12-3-1-2-4-13(12)15/h1-7H,8,16H2. The second kappa shape index (κ2) is 4.64. The number of hydrogen-bond donors (Lipinski definition) is 1. The number of nitrogens with two attached hydrogens (primary N) is 1. The lowest BCUT2D eigenvalue weighted by Gasteiger charge is -2.09.